The summed E-state index contributed by atoms with van der Waals surface area (Å²) in [7, 11) is 0. The quantitative estimate of drug-likeness (QED) is 0.800. The summed E-state index contributed by atoms with van der Waals surface area (Å²) in [5, 5.41) is 0. The standard InChI is InChI=1S/C15H20N2O2/c1-12-7-5-6-10-14(12)19-11-15(18)17-16-13-8-3-2-4-9-13/h5-8,10,16H,2-4,9,11H2,1H3,(H,17,18). The molecule has 2 rings (SSSR count). The molecular formula is C15H20N2O2. The molecule has 0 aromatic heterocycles. The van der Waals surface area contributed by atoms with E-state index in [0.717, 1.165) is 29.9 Å². The van der Waals surface area contributed by atoms with Gasteiger partial charge in [-0.15, -0.1) is 0 Å². The van der Waals surface area contributed by atoms with Crippen LogP contribution >= 0.6 is 0 Å². The van der Waals surface area contributed by atoms with Gasteiger partial charge in [-0.1, -0.05) is 24.3 Å². The first-order chi connectivity index (χ1) is 9.25. The third-order valence-electron chi connectivity index (χ3n) is 3.11. The molecule has 0 radical (unpaired) electrons. The normalized spacial score (nSPS) is 14.5. The van der Waals surface area contributed by atoms with Crippen LogP contribution in [0, 0.1) is 6.92 Å². The van der Waals surface area contributed by atoms with E-state index in [1.54, 1.807) is 0 Å². The number of carbonyl (C=O) groups excluding carboxylic acids is 1. The minimum atomic E-state index is -0.172. The van der Waals surface area contributed by atoms with Crippen LogP contribution in [0.2, 0.25) is 0 Å². The van der Waals surface area contributed by atoms with Gasteiger partial charge in [-0.3, -0.25) is 10.2 Å². The van der Waals surface area contributed by atoms with Gasteiger partial charge < -0.3 is 10.2 Å². The average molecular weight is 260 g/mol. The van der Waals surface area contributed by atoms with E-state index in [0.29, 0.717) is 0 Å². The third-order valence-corrected chi connectivity index (χ3v) is 3.11. The molecule has 102 valence electrons. The summed E-state index contributed by atoms with van der Waals surface area (Å²) in [4.78, 5) is 11.6. The van der Waals surface area contributed by atoms with Gasteiger partial charge in [-0.05, 0) is 44.2 Å². The second-order valence-electron chi connectivity index (χ2n) is 4.70. The van der Waals surface area contributed by atoms with Gasteiger partial charge in [0.05, 0.1) is 0 Å². The summed E-state index contributed by atoms with van der Waals surface area (Å²) < 4.78 is 5.47. The zero-order valence-corrected chi connectivity index (χ0v) is 11.2. The monoisotopic (exact) mass is 260 g/mol. The van der Waals surface area contributed by atoms with E-state index in [9.17, 15) is 4.79 Å². The molecule has 4 nitrogen and oxygen atoms in total. The summed E-state index contributed by atoms with van der Waals surface area (Å²) >= 11 is 0. The Balaban J connectivity index is 1.73. The Hall–Kier alpha value is -1.97. The molecule has 4 heteroatoms. The lowest BCUT2D eigenvalue weighted by atomic mass is 10.1. The van der Waals surface area contributed by atoms with Crippen LogP contribution in [0.15, 0.2) is 36.0 Å². The van der Waals surface area contributed by atoms with Crippen molar-refractivity contribution in [2.24, 2.45) is 0 Å². The van der Waals surface area contributed by atoms with E-state index in [4.69, 9.17) is 4.74 Å². The largest absolute Gasteiger partial charge is 0.483 e. The third kappa shape index (κ3) is 4.32. The minimum Gasteiger partial charge on any atom is -0.483 e. The van der Waals surface area contributed by atoms with Crippen LogP contribution in [0.4, 0.5) is 0 Å². The maximum atomic E-state index is 11.6. The number of ether oxygens (including phenoxy) is 1. The lowest BCUT2D eigenvalue weighted by Crippen LogP contribution is -2.40. The number of hydrogen-bond donors (Lipinski definition) is 2. The first kappa shape index (κ1) is 13.5. The molecule has 1 aromatic rings. The molecule has 2 N–H and O–H groups in total. The fourth-order valence-electron chi connectivity index (χ4n) is 2.00. The molecular weight excluding hydrogens is 240 g/mol. The predicted molar refractivity (Wildman–Crippen MR) is 74.5 cm³/mol. The Morgan fingerprint density at radius 3 is 2.89 bits per heavy atom. The molecule has 19 heavy (non-hydrogen) atoms. The van der Waals surface area contributed by atoms with E-state index in [-0.39, 0.29) is 12.5 Å². The van der Waals surface area contributed by atoms with Gasteiger partial charge in [0.25, 0.3) is 5.91 Å². The van der Waals surface area contributed by atoms with Crippen LogP contribution in [-0.2, 0) is 4.79 Å². The Kier molecular flexibility index (Phi) is 4.84. The topological polar surface area (TPSA) is 50.4 Å². The Morgan fingerprint density at radius 1 is 1.32 bits per heavy atom. The van der Waals surface area contributed by atoms with Gasteiger partial charge >= 0.3 is 0 Å². The van der Waals surface area contributed by atoms with Gasteiger partial charge in [0, 0.05) is 5.70 Å². The Morgan fingerprint density at radius 2 is 2.16 bits per heavy atom. The molecule has 1 aromatic carbocycles. The fraction of sp³-hybridized carbons (Fsp3) is 0.400. The molecule has 0 aliphatic heterocycles. The van der Waals surface area contributed by atoms with Crippen molar-refractivity contribution in [3.63, 3.8) is 0 Å². The van der Waals surface area contributed by atoms with Crippen LogP contribution in [0.25, 0.3) is 0 Å². The van der Waals surface area contributed by atoms with Crippen LogP contribution < -0.4 is 15.6 Å². The zero-order chi connectivity index (χ0) is 13.5. The molecule has 0 atom stereocenters. The molecule has 0 unspecified atom stereocenters. The molecule has 1 aliphatic rings. The molecule has 0 spiro atoms. The van der Waals surface area contributed by atoms with Gasteiger partial charge in [0.2, 0.25) is 0 Å². The van der Waals surface area contributed by atoms with Gasteiger partial charge in [0.15, 0.2) is 6.61 Å². The number of carbonyl (C=O) groups is 1. The number of benzene rings is 1. The molecule has 1 amide bonds. The number of allylic oxidation sites excluding steroid dienone is 2. The van der Waals surface area contributed by atoms with Gasteiger partial charge in [0.1, 0.15) is 5.75 Å². The van der Waals surface area contributed by atoms with E-state index >= 15 is 0 Å². The van der Waals surface area contributed by atoms with Crippen molar-refractivity contribution in [3.8, 4) is 5.75 Å². The minimum absolute atomic E-state index is 0.0190. The second-order valence-corrected chi connectivity index (χ2v) is 4.70. The van der Waals surface area contributed by atoms with Crippen LogP contribution in [0.3, 0.4) is 0 Å². The first-order valence-corrected chi connectivity index (χ1v) is 6.68. The number of hydrogen-bond acceptors (Lipinski definition) is 3. The van der Waals surface area contributed by atoms with Crippen LogP contribution in [-0.4, -0.2) is 12.5 Å². The van der Waals surface area contributed by atoms with Crippen molar-refractivity contribution in [1.82, 2.24) is 10.9 Å². The maximum Gasteiger partial charge on any atom is 0.276 e. The summed E-state index contributed by atoms with van der Waals surface area (Å²) in [5.41, 5.74) is 7.73. The lowest BCUT2D eigenvalue weighted by Gasteiger charge is -2.16. The number of para-hydroxylation sites is 1. The van der Waals surface area contributed by atoms with Crippen molar-refractivity contribution in [2.75, 3.05) is 6.61 Å². The van der Waals surface area contributed by atoms with Crippen molar-refractivity contribution >= 4 is 5.91 Å². The average Bonchev–Trinajstić information content (AvgIpc) is 2.45. The molecule has 0 saturated carbocycles. The van der Waals surface area contributed by atoms with Crippen LogP contribution in [0.1, 0.15) is 31.2 Å². The molecule has 0 heterocycles. The summed E-state index contributed by atoms with van der Waals surface area (Å²) in [6.45, 7) is 1.98. The number of aryl methyl sites for hydroxylation is 1. The van der Waals surface area contributed by atoms with Crippen LogP contribution in [0.5, 0.6) is 5.75 Å². The molecule has 0 saturated heterocycles. The van der Waals surface area contributed by atoms with E-state index in [1.165, 1.54) is 12.8 Å². The van der Waals surface area contributed by atoms with Crippen molar-refractivity contribution in [3.05, 3.63) is 41.6 Å². The van der Waals surface area contributed by atoms with Gasteiger partial charge in [-0.25, -0.2) is 0 Å². The number of hydrazine groups is 1. The van der Waals surface area contributed by atoms with E-state index < -0.39 is 0 Å². The second kappa shape index (κ2) is 6.83. The number of amides is 1. The highest BCUT2D eigenvalue weighted by Crippen LogP contribution is 2.16. The highest BCUT2D eigenvalue weighted by Gasteiger charge is 2.06. The Labute approximate surface area is 113 Å². The summed E-state index contributed by atoms with van der Waals surface area (Å²) in [5.74, 6) is 0.573. The highest BCUT2D eigenvalue weighted by atomic mass is 16.5. The summed E-state index contributed by atoms with van der Waals surface area (Å²) in [6, 6.07) is 7.66. The zero-order valence-electron chi connectivity index (χ0n) is 11.2. The molecule has 0 fully saturated rings. The summed E-state index contributed by atoms with van der Waals surface area (Å²) in [6.07, 6.45) is 6.62. The molecule has 1 aliphatic carbocycles. The lowest BCUT2D eigenvalue weighted by molar-refractivity contribution is -0.123. The Bertz CT molecular complexity index is 469. The van der Waals surface area contributed by atoms with E-state index in [2.05, 4.69) is 16.9 Å². The van der Waals surface area contributed by atoms with Crippen molar-refractivity contribution in [2.45, 2.75) is 32.6 Å². The van der Waals surface area contributed by atoms with E-state index in [1.807, 2.05) is 31.2 Å². The van der Waals surface area contributed by atoms with Crippen molar-refractivity contribution in [1.29, 1.82) is 0 Å². The maximum absolute atomic E-state index is 11.6. The van der Waals surface area contributed by atoms with Gasteiger partial charge in [-0.2, -0.15) is 0 Å². The highest BCUT2D eigenvalue weighted by molar-refractivity contribution is 5.77. The molecule has 0 bridgehead atoms. The first-order valence-electron chi connectivity index (χ1n) is 6.68. The smallest absolute Gasteiger partial charge is 0.276 e. The van der Waals surface area contributed by atoms with Crippen molar-refractivity contribution < 1.29 is 9.53 Å². The number of nitrogens with one attached hydrogen (secondary N) is 2. The SMILES string of the molecule is Cc1ccccc1OCC(=O)NNC1=CCCCC1. The predicted octanol–water partition coefficient (Wildman–Crippen LogP) is 2.45. The number of rotatable bonds is 5. The fourth-order valence-corrected chi connectivity index (χ4v) is 2.00.